The Hall–Kier alpha value is -3.50. The van der Waals surface area contributed by atoms with Crippen LogP contribution in [0.3, 0.4) is 0 Å². The molecule has 10 heterocycles. The van der Waals surface area contributed by atoms with Crippen molar-refractivity contribution in [3.05, 3.63) is 176 Å². The molecule has 0 N–H and O–H groups in total. The van der Waals surface area contributed by atoms with E-state index in [-0.39, 0.29) is 5.57 Å². The van der Waals surface area contributed by atoms with Gasteiger partial charge < -0.3 is 0 Å². The maximum atomic E-state index is 10.7. The summed E-state index contributed by atoms with van der Waals surface area (Å²) in [7, 11) is -9.50. The second kappa shape index (κ2) is 24.1. The fraction of sp³-hybridized carbons (Fsp3) is 0.273. The maximum absolute atomic E-state index is 10.7. The fourth-order valence-electron chi connectivity index (χ4n) is 9.65. The van der Waals surface area contributed by atoms with Crippen molar-refractivity contribution in [2.24, 2.45) is 0 Å². The molecule has 432 valence electrons. The van der Waals surface area contributed by atoms with Gasteiger partial charge in [0.1, 0.15) is 17.7 Å². The van der Waals surface area contributed by atoms with Gasteiger partial charge >= 0.3 is 0 Å². The van der Waals surface area contributed by atoms with E-state index in [1.54, 1.807) is 22.7 Å². The van der Waals surface area contributed by atoms with E-state index >= 15 is 0 Å². The molecule has 0 aromatic carbocycles. The van der Waals surface area contributed by atoms with Gasteiger partial charge in [-0.15, -0.1) is 113 Å². The van der Waals surface area contributed by atoms with Crippen LogP contribution in [0.5, 0.6) is 0 Å². The monoisotopic (exact) mass is 1380 g/mol. The van der Waals surface area contributed by atoms with Gasteiger partial charge in [0.25, 0.3) is 0 Å². The van der Waals surface area contributed by atoms with Crippen molar-refractivity contribution in [2.45, 2.75) is 118 Å². The van der Waals surface area contributed by atoms with Crippen molar-refractivity contribution < 1.29 is 0 Å². The molecule has 84 heavy (non-hydrogen) atoms. The van der Waals surface area contributed by atoms with Crippen LogP contribution < -0.4 is 27.0 Å². The Morgan fingerprint density at radius 3 is 0.536 bits per heavy atom. The van der Waals surface area contributed by atoms with Crippen LogP contribution in [0.15, 0.2) is 127 Å². The van der Waals surface area contributed by atoms with Crippen molar-refractivity contribution >= 4 is 217 Å². The van der Waals surface area contributed by atoms with E-state index < -0.39 is 48.4 Å². The molecule has 0 aliphatic rings. The molecule has 0 amide bonds. The molecule has 0 radical (unpaired) electrons. The molecule has 0 fully saturated rings. The van der Waals surface area contributed by atoms with Crippen molar-refractivity contribution in [1.82, 2.24) is 0 Å². The number of thiophene rings is 10. The van der Waals surface area contributed by atoms with E-state index in [2.05, 4.69) is 251 Å². The second-order valence-electron chi connectivity index (χ2n) is 27.6. The highest BCUT2D eigenvalue weighted by atomic mass is 32.1. The Labute approximate surface area is 546 Å². The smallest absolute Gasteiger partial charge is 0.139 e. The van der Waals surface area contributed by atoms with Gasteiger partial charge in [0, 0.05) is 96.1 Å². The third-order valence-electron chi connectivity index (χ3n) is 14.4. The van der Waals surface area contributed by atoms with Crippen LogP contribution in [0, 0.1) is 22.7 Å². The van der Waals surface area contributed by atoms with Crippen LogP contribution in [0.25, 0.3) is 47.4 Å². The first-order valence-corrected chi connectivity index (χ1v) is 57.6. The van der Waals surface area contributed by atoms with E-state index in [0.717, 1.165) is 19.5 Å². The summed E-state index contributed by atoms with van der Waals surface area (Å²) in [5.41, 5.74) is 6.18. The molecule has 18 heteroatoms. The largest absolute Gasteiger partial charge is 0.192 e. The van der Waals surface area contributed by atoms with Gasteiger partial charge in [0.05, 0.1) is 48.4 Å². The van der Waals surface area contributed by atoms with E-state index in [1.807, 2.05) is 90.7 Å². The topological polar surface area (TPSA) is 47.6 Å². The molecule has 0 bridgehead atoms. The summed E-state index contributed by atoms with van der Waals surface area (Å²) in [6.45, 7) is 44.2. The number of hydrogen-bond donors (Lipinski definition) is 0. The molecule has 10 rings (SSSR count). The number of nitrogens with zero attached hydrogens (tertiary/aromatic N) is 2. The van der Waals surface area contributed by atoms with Gasteiger partial charge in [-0.2, -0.15) is 10.5 Å². The Balaban J connectivity index is 1.06. The van der Waals surface area contributed by atoms with Crippen molar-refractivity contribution in [2.75, 3.05) is 0 Å². The molecule has 10 aromatic rings. The van der Waals surface area contributed by atoms with E-state index in [1.165, 1.54) is 98.1 Å². The third-order valence-corrected chi connectivity index (χ3v) is 47.4. The number of hydrogen-bond acceptors (Lipinski definition) is 12. The molecule has 0 spiro atoms. The summed E-state index contributed by atoms with van der Waals surface area (Å²) in [5, 5.41) is 21.3. The van der Waals surface area contributed by atoms with Crippen LogP contribution in [-0.4, -0.2) is 48.4 Å². The van der Waals surface area contributed by atoms with Gasteiger partial charge in [0.2, 0.25) is 0 Å². The summed E-state index contributed by atoms with van der Waals surface area (Å²) in [6, 6.07) is 51.4. The van der Waals surface area contributed by atoms with Crippen molar-refractivity contribution in [1.29, 1.82) is 10.5 Å². The summed E-state index contributed by atoms with van der Waals surface area (Å²) in [4.78, 5) is 17.0. The highest BCUT2D eigenvalue weighted by molar-refractivity contribution is 7.32. The lowest BCUT2D eigenvalue weighted by atomic mass is 10.0. The molecule has 0 aliphatic carbocycles. The minimum Gasteiger partial charge on any atom is -0.192 e. The minimum atomic E-state index is -1.60. The van der Waals surface area contributed by atoms with Crippen molar-refractivity contribution in [3.8, 4) is 31.6 Å². The van der Waals surface area contributed by atoms with Crippen LogP contribution in [-0.2, 0) is 0 Å². The summed E-state index contributed by atoms with van der Waals surface area (Å²) >= 11 is 19.0. The lowest BCUT2D eigenvalue weighted by molar-refractivity contribution is 1.46. The van der Waals surface area contributed by atoms with Crippen LogP contribution in [0.4, 0.5) is 0 Å². The van der Waals surface area contributed by atoms with E-state index in [4.69, 9.17) is 0 Å². The zero-order valence-corrected chi connectivity index (χ0v) is 65.7. The summed E-state index contributed by atoms with van der Waals surface area (Å²) in [5.74, 6) is 0. The highest BCUT2D eigenvalue weighted by Gasteiger charge is 2.32. The van der Waals surface area contributed by atoms with Gasteiger partial charge in [-0.25, -0.2) is 0 Å². The van der Waals surface area contributed by atoms with Crippen molar-refractivity contribution in [3.63, 3.8) is 0 Å². The molecular formula is C66H74N2S10Si6. The lowest BCUT2D eigenvalue weighted by Gasteiger charge is -2.16. The summed E-state index contributed by atoms with van der Waals surface area (Å²) < 4.78 is 9.12. The van der Waals surface area contributed by atoms with Gasteiger partial charge in [-0.05, 0) is 112 Å². The highest BCUT2D eigenvalue weighted by Crippen LogP contribution is 2.50. The van der Waals surface area contributed by atoms with E-state index in [0.29, 0.717) is 5.57 Å². The molecule has 0 unspecified atom stereocenters. The average Bonchev–Trinajstić information content (AvgIpc) is 2.26. The standard InChI is InChI=1S/C66H74N2S10Si6/c1-79(2,3)56-33-27-50(73-56)63(65(52-29-35-58(75-52)81(7,8)9)53-30-36-59(76-53)82(10,11)12)48-25-21-44(71-48)42-19-23-46(69-42)62(41(39-67)40-68)47-24-20-43(70-47)45-22-26-49(72-45)64(51-28-34-57(74-51)80(4,5)6)66(54-31-37-60(77-54)83(13,14)15)55-32-38-61(78-55)84(16,17)18/h19-38H,1-18H3. The zero-order chi connectivity index (χ0) is 60.6. The number of nitriles is 2. The Morgan fingerprint density at radius 2 is 0.381 bits per heavy atom. The molecule has 10 aromatic heterocycles. The Morgan fingerprint density at radius 1 is 0.226 bits per heavy atom. The molecule has 2 nitrogen and oxygen atoms in total. The Kier molecular flexibility index (Phi) is 18.2. The predicted octanol–water partition coefficient (Wildman–Crippen LogP) is 20.8. The van der Waals surface area contributed by atoms with Crippen LogP contribution >= 0.6 is 113 Å². The van der Waals surface area contributed by atoms with E-state index in [9.17, 15) is 10.5 Å². The summed E-state index contributed by atoms with van der Waals surface area (Å²) in [6.07, 6.45) is 0. The Bertz CT molecular complexity index is 3870. The molecule has 0 saturated carbocycles. The van der Waals surface area contributed by atoms with Gasteiger partial charge in [0.15, 0.2) is 0 Å². The first-order chi connectivity index (χ1) is 39.3. The van der Waals surface area contributed by atoms with Crippen LogP contribution in [0.2, 0.25) is 118 Å². The lowest BCUT2D eigenvalue weighted by Crippen LogP contribution is -2.34. The molecular weight excluding hydrogens is 1310 g/mol. The maximum Gasteiger partial charge on any atom is 0.139 e. The average molecular weight is 1380 g/mol. The molecule has 0 saturated heterocycles. The van der Waals surface area contributed by atoms with Crippen LogP contribution in [0.1, 0.15) is 48.8 Å². The fourth-order valence-corrected chi connectivity index (χ4v) is 32.2. The predicted molar refractivity (Wildman–Crippen MR) is 406 cm³/mol. The first-order valence-electron chi connectivity index (χ1n) is 28.4. The quantitative estimate of drug-likeness (QED) is 0.0635. The normalized spacial score (nSPS) is 12.6. The third kappa shape index (κ3) is 13.6. The molecule has 0 aliphatic heterocycles. The number of rotatable bonds is 18. The SMILES string of the molecule is C[Si](C)(C)c1ccc(C(=C(c2ccc([Si](C)(C)C)s2)c2ccc([Si](C)(C)C)s2)c2ccc(-c3ccc(C(=C(C#N)C#N)c4ccc(-c5ccc(C(=C(c6ccc([Si](C)(C)C)s6)c6ccc([Si](C)(C)C)s6)c6ccc([Si](C)(C)C)s6)s5)s4)s3)s2)s1. The minimum absolute atomic E-state index is 0.136. The first kappa shape index (κ1) is 63.5. The number of allylic oxidation sites excluding steroid dienone is 1. The zero-order valence-electron chi connectivity index (χ0n) is 51.5. The second-order valence-corrected chi connectivity index (χ2v) is 70.9. The van der Waals surface area contributed by atoms with Gasteiger partial charge in [-0.3, -0.25) is 0 Å². The van der Waals surface area contributed by atoms with Gasteiger partial charge in [-0.1, -0.05) is 154 Å². The molecule has 0 atom stereocenters.